The Hall–Kier alpha value is -1.85. The van der Waals surface area contributed by atoms with Gasteiger partial charge in [0.05, 0.1) is 18.0 Å². The number of carbonyl (C=O) groups is 4. The minimum absolute atomic E-state index is 0.108. The van der Waals surface area contributed by atoms with E-state index in [0.717, 1.165) is 6.92 Å². The van der Waals surface area contributed by atoms with Crippen LogP contribution in [0.5, 0.6) is 0 Å². The molecule has 29 heavy (non-hydrogen) atoms. The van der Waals surface area contributed by atoms with Gasteiger partial charge in [-0.2, -0.15) is 0 Å². The summed E-state index contributed by atoms with van der Waals surface area (Å²) in [6.07, 6.45) is -0.246. The molecular formula is C16H32N5O7P. The van der Waals surface area contributed by atoms with Crippen molar-refractivity contribution in [3.05, 3.63) is 0 Å². The summed E-state index contributed by atoms with van der Waals surface area (Å²) in [4.78, 5) is 58.2. The standard InChI is InChI=1S/C16H32N5O7P/c1-5-6-10(21-15(26)16(4,19)12(22)8(2)17)13(23)20-11(14(24)25)7-29(27,28)9(3)18/h8-11H,5-7,17-19H2,1-4H3,(H,20,23)(H,21,26)(H,24,25)(H,27,28)/t8-,9?,10-,11?,16+/m0/s1. The smallest absolute Gasteiger partial charge is 0.326 e. The molecule has 0 aromatic carbocycles. The fourth-order valence-electron chi connectivity index (χ4n) is 2.34. The molecule has 10 N–H and O–H groups in total. The van der Waals surface area contributed by atoms with Crippen LogP contribution in [0.4, 0.5) is 0 Å². The third-order valence-corrected chi connectivity index (χ3v) is 6.45. The molecule has 0 spiro atoms. The highest BCUT2D eigenvalue weighted by Gasteiger charge is 2.40. The number of nitrogens with one attached hydrogen (secondary N) is 2. The van der Waals surface area contributed by atoms with Gasteiger partial charge in [0.1, 0.15) is 12.1 Å². The maximum atomic E-state index is 12.5. The number of rotatable bonds is 12. The van der Waals surface area contributed by atoms with Crippen LogP contribution in [0.15, 0.2) is 0 Å². The highest BCUT2D eigenvalue weighted by molar-refractivity contribution is 7.58. The van der Waals surface area contributed by atoms with E-state index in [1.54, 1.807) is 6.92 Å². The molecule has 0 saturated heterocycles. The molecule has 0 fully saturated rings. The van der Waals surface area contributed by atoms with E-state index >= 15 is 0 Å². The zero-order chi connectivity index (χ0) is 23.2. The zero-order valence-electron chi connectivity index (χ0n) is 17.0. The Balaban J connectivity index is 5.44. The van der Waals surface area contributed by atoms with Crippen LogP contribution in [0.3, 0.4) is 0 Å². The lowest BCUT2D eigenvalue weighted by Gasteiger charge is -2.28. The van der Waals surface area contributed by atoms with Crippen molar-refractivity contribution in [2.24, 2.45) is 17.2 Å². The normalized spacial score (nSPS) is 19.6. The number of ketones is 1. The summed E-state index contributed by atoms with van der Waals surface area (Å²) in [5.41, 5.74) is 14.6. The highest BCUT2D eigenvalue weighted by Crippen LogP contribution is 2.44. The van der Waals surface area contributed by atoms with Gasteiger partial charge in [-0.25, -0.2) is 4.79 Å². The summed E-state index contributed by atoms with van der Waals surface area (Å²) >= 11 is 0. The lowest BCUT2D eigenvalue weighted by Crippen LogP contribution is -2.64. The Kier molecular flexibility index (Phi) is 10.1. The molecular weight excluding hydrogens is 405 g/mol. The van der Waals surface area contributed by atoms with E-state index in [0.29, 0.717) is 6.42 Å². The second kappa shape index (κ2) is 10.8. The molecule has 0 aliphatic carbocycles. The van der Waals surface area contributed by atoms with Crippen molar-refractivity contribution in [2.75, 3.05) is 6.16 Å². The first kappa shape index (κ1) is 27.1. The zero-order valence-corrected chi connectivity index (χ0v) is 17.9. The molecule has 168 valence electrons. The van der Waals surface area contributed by atoms with Gasteiger partial charge in [-0.3, -0.25) is 18.9 Å². The summed E-state index contributed by atoms with van der Waals surface area (Å²) < 4.78 is 12.0. The summed E-state index contributed by atoms with van der Waals surface area (Å²) in [5, 5.41) is 13.7. The van der Waals surface area contributed by atoms with Gasteiger partial charge in [0.2, 0.25) is 19.2 Å². The second-order valence-electron chi connectivity index (χ2n) is 7.25. The SMILES string of the molecule is CCC[C@H](NC(=O)[C@](C)(N)C(=O)[C@H](C)N)C(=O)NC(CP(=O)(O)C(C)N)C(=O)O. The van der Waals surface area contributed by atoms with Gasteiger partial charge in [0.25, 0.3) is 0 Å². The number of hydrogen-bond acceptors (Lipinski definition) is 8. The quantitative estimate of drug-likeness (QED) is 0.132. The molecule has 0 aromatic heterocycles. The molecule has 0 saturated carbocycles. The van der Waals surface area contributed by atoms with Crippen molar-refractivity contribution >= 4 is 30.9 Å². The van der Waals surface area contributed by atoms with Crippen molar-refractivity contribution in [1.29, 1.82) is 0 Å². The minimum Gasteiger partial charge on any atom is -0.480 e. The van der Waals surface area contributed by atoms with Crippen LogP contribution in [0.2, 0.25) is 0 Å². The van der Waals surface area contributed by atoms with Crippen molar-refractivity contribution in [1.82, 2.24) is 10.6 Å². The Morgan fingerprint density at radius 3 is 2.00 bits per heavy atom. The van der Waals surface area contributed by atoms with Gasteiger partial charge < -0.3 is 37.8 Å². The number of carboxylic acid groups (broad SMARTS) is 1. The van der Waals surface area contributed by atoms with Crippen molar-refractivity contribution in [3.8, 4) is 0 Å². The first-order valence-electron chi connectivity index (χ1n) is 9.07. The summed E-state index contributed by atoms with van der Waals surface area (Å²) in [6.45, 7) is 5.48. The van der Waals surface area contributed by atoms with Crippen LogP contribution in [-0.2, 0) is 23.7 Å². The number of carboxylic acids is 1. The maximum absolute atomic E-state index is 12.5. The van der Waals surface area contributed by atoms with Crippen LogP contribution >= 0.6 is 7.37 Å². The fourth-order valence-corrected chi connectivity index (χ4v) is 3.44. The number of amides is 2. The van der Waals surface area contributed by atoms with E-state index in [1.807, 2.05) is 0 Å². The van der Waals surface area contributed by atoms with Gasteiger partial charge in [-0.1, -0.05) is 13.3 Å². The van der Waals surface area contributed by atoms with Crippen molar-refractivity contribution in [3.63, 3.8) is 0 Å². The lowest BCUT2D eigenvalue weighted by molar-refractivity contribution is -0.142. The molecule has 12 nitrogen and oxygen atoms in total. The van der Waals surface area contributed by atoms with Gasteiger partial charge >= 0.3 is 5.97 Å². The van der Waals surface area contributed by atoms with Gasteiger partial charge in [-0.15, -0.1) is 0 Å². The lowest BCUT2D eigenvalue weighted by atomic mass is 9.92. The molecule has 0 aliphatic rings. The van der Waals surface area contributed by atoms with E-state index < -0.39 is 66.5 Å². The Morgan fingerprint density at radius 1 is 1.10 bits per heavy atom. The van der Waals surface area contributed by atoms with Gasteiger partial charge in [0, 0.05) is 0 Å². The third kappa shape index (κ3) is 7.82. The molecule has 13 heteroatoms. The number of Topliss-reactive ketones (excluding diaryl/α,β-unsaturated/α-hetero) is 1. The van der Waals surface area contributed by atoms with E-state index in [9.17, 15) is 33.7 Å². The molecule has 0 rings (SSSR count). The maximum Gasteiger partial charge on any atom is 0.326 e. The highest BCUT2D eigenvalue weighted by atomic mass is 31.2. The van der Waals surface area contributed by atoms with E-state index in [2.05, 4.69) is 10.6 Å². The predicted octanol–water partition coefficient (Wildman–Crippen LogP) is -1.95. The van der Waals surface area contributed by atoms with Crippen LogP contribution in [0.1, 0.15) is 40.5 Å². The first-order chi connectivity index (χ1) is 13.1. The Bertz CT molecular complexity index is 681. The monoisotopic (exact) mass is 437 g/mol. The molecule has 6 atom stereocenters. The van der Waals surface area contributed by atoms with Crippen molar-refractivity contribution < 1.29 is 33.7 Å². The summed E-state index contributed by atoms with van der Waals surface area (Å²) in [6, 6.07) is -3.93. The number of nitrogens with two attached hydrogens (primary N) is 3. The topological polar surface area (TPSA) is 228 Å². The average Bonchev–Trinajstić information content (AvgIpc) is 2.59. The van der Waals surface area contributed by atoms with Crippen LogP contribution in [-0.4, -0.2) is 69.2 Å². The van der Waals surface area contributed by atoms with E-state index in [4.69, 9.17) is 17.2 Å². The average molecular weight is 437 g/mol. The number of carbonyl (C=O) groups excluding carboxylic acids is 3. The predicted molar refractivity (Wildman–Crippen MR) is 106 cm³/mol. The molecule has 0 aliphatic heterocycles. The number of aliphatic carboxylic acids is 1. The van der Waals surface area contributed by atoms with Crippen LogP contribution in [0, 0.1) is 0 Å². The molecule has 0 heterocycles. The third-order valence-electron chi connectivity index (χ3n) is 4.29. The largest absolute Gasteiger partial charge is 0.480 e. The van der Waals surface area contributed by atoms with Gasteiger partial charge in [0.15, 0.2) is 11.3 Å². The van der Waals surface area contributed by atoms with Crippen molar-refractivity contribution in [2.45, 2.75) is 70.0 Å². The molecule has 0 aromatic rings. The Morgan fingerprint density at radius 2 is 1.62 bits per heavy atom. The van der Waals surface area contributed by atoms with E-state index in [-0.39, 0.29) is 6.42 Å². The minimum atomic E-state index is -4.04. The fraction of sp³-hybridized carbons (Fsp3) is 0.750. The molecule has 2 amide bonds. The van der Waals surface area contributed by atoms with Crippen LogP contribution < -0.4 is 27.8 Å². The molecule has 0 radical (unpaired) electrons. The van der Waals surface area contributed by atoms with Crippen LogP contribution in [0.25, 0.3) is 0 Å². The van der Waals surface area contributed by atoms with E-state index in [1.165, 1.54) is 13.8 Å². The first-order valence-corrected chi connectivity index (χ1v) is 11.0. The number of hydrogen-bond donors (Lipinski definition) is 7. The molecule has 3 unspecified atom stereocenters. The Labute approximate surface area is 169 Å². The van der Waals surface area contributed by atoms with Gasteiger partial charge in [-0.05, 0) is 27.2 Å². The molecule has 0 bridgehead atoms. The second-order valence-corrected chi connectivity index (χ2v) is 9.94. The summed E-state index contributed by atoms with van der Waals surface area (Å²) in [5.74, 6) is -5.32. The summed E-state index contributed by atoms with van der Waals surface area (Å²) in [7, 11) is -4.04.